The smallest absolute Gasteiger partial charge is 0.377 e. The first-order valence-electron chi connectivity index (χ1n) is 5.00. The fraction of sp³-hybridized carbons (Fsp3) is 1.00. The minimum atomic E-state index is -4.31. The maximum atomic E-state index is 12.6. The Morgan fingerprint density at radius 1 is 1.25 bits per heavy atom. The molecule has 1 aliphatic rings. The van der Waals surface area contributed by atoms with Crippen molar-refractivity contribution in [3.8, 4) is 0 Å². The van der Waals surface area contributed by atoms with E-state index < -0.39 is 18.8 Å². The van der Waals surface area contributed by atoms with Gasteiger partial charge in [0, 0.05) is 33.9 Å². The van der Waals surface area contributed by atoms with E-state index in [0.29, 0.717) is 0 Å². The van der Waals surface area contributed by atoms with Crippen LogP contribution in [0.4, 0.5) is 13.2 Å². The van der Waals surface area contributed by atoms with Crippen molar-refractivity contribution in [2.75, 3.05) is 33.9 Å². The molecule has 1 heterocycles. The second-order valence-electron chi connectivity index (χ2n) is 3.80. The molecular weight excluding hydrogens is 225 g/mol. The summed E-state index contributed by atoms with van der Waals surface area (Å²) in [7, 11) is 2.93. The summed E-state index contributed by atoms with van der Waals surface area (Å²) in [6.45, 7) is -0.0663. The molecule has 1 fully saturated rings. The molecule has 1 aliphatic heterocycles. The van der Waals surface area contributed by atoms with Gasteiger partial charge in [0.05, 0.1) is 12.2 Å². The topological polar surface area (TPSA) is 47.7 Å². The summed E-state index contributed by atoms with van der Waals surface area (Å²) in [4.78, 5) is 1.27. The molecule has 0 aromatic heterocycles. The lowest BCUT2D eigenvalue weighted by Crippen LogP contribution is -2.49. The minimum Gasteiger partial charge on any atom is -0.377 e. The number of hydrogen-bond donors (Lipinski definition) is 1. The van der Waals surface area contributed by atoms with Crippen molar-refractivity contribution < 1.29 is 22.6 Å². The lowest BCUT2D eigenvalue weighted by atomic mass is 10.2. The monoisotopic (exact) mass is 242 g/mol. The molecule has 0 aromatic carbocycles. The second kappa shape index (κ2) is 5.31. The standard InChI is InChI=1S/C9H17F3N2O2/c1-15-6-4-14(5-7(6)16-2)8(3-13)9(10,11)12/h6-8H,3-5,13H2,1-2H3. The maximum Gasteiger partial charge on any atom is 0.405 e. The molecule has 0 aromatic rings. The van der Waals surface area contributed by atoms with E-state index in [2.05, 4.69) is 0 Å². The lowest BCUT2D eigenvalue weighted by Gasteiger charge is -2.28. The van der Waals surface area contributed by atoms with Crippen LogP contribution in [0, 0.1) is 0 Å². The Balaban J connectivity index is 2.68. The third-order valence-electron chi connectivity index (χ3n) is 2.89. The fourth-order valence-electron chi connectivity index (χ4n) is 1.97. The zero-order valence-electron chi connectivity index (χ0n) is 9.33. The van der Waals surface area contributed by atoms with Crippen molar-refractivity contribution in [3.05, 3.63) is 0 Å². The average Bonchev–Trinajstić information content (AvgIpc) is 2.59. The predicted octanol–water partition coefficient (Wildman–Crippen LogP) is 0.222. The number of hydrogen-bond acceptors (Lipinski definition) is 4. The van der Waals surface area contributed by atoms with Crippen LogP contribution in [0.5, 0.6) is 0 Å². The van der Waals surface area contributed by atoms with E-state index >= 15 is 0 Å². The van der Waals surface area contributed by atoms with Crippen LogP contribution in [0.25, 0.3) is 0 Å². The Morgan fingerprint density at radius 2 is 1.69 bits per heavy atom. The van der Waals surface area contributed by atoms with E-state index in [9.17, 15) is 13.2 Å². The van der Waals surface area contributed by atoms with Crippen LogP contribution >= 0.6 is 0 Å². The number of likely N-dealkylation sites (tertiary alicyclic amines) is 1. The Labute approximate surface area is 92.5 Å². The Kier molecular flexibility index (Phi) is 4.54. The van der Waals surface area contributed by atoms with Crippen molar-refractivity contribution in [3.63, 3.8) is 0 Å². The number of halogens is 3. The van der Waals surface area contributed by atoms with Gasteiger partial charge in [-0.05, 0) is 0 Å². The van der Waals surface area contributed by atoms with Gasteiger partial charge >= 0.3 is 6.18 Å². The van der Waals surface area contributed by atoms with Gasteiger partial charge in [-0.1, -0.05) is 0 Å². The summed E-state index contributed by atoms with van der Waals surface area (Å²) < 4.78 is 48.0. The first kappa shape index (κ1) is 13.7. The molecule has 0 bridgehead atoms. The van der Waals surface area contributed by atoms with Gasteiger partial charge in [0.25, 0.3) is 0 Å². The molecule has 1 saturated heterocycles. The molecule has 0 amide bonds. The van der Waals surface area contributed by atoms with Crippen molar-refractivity contribution in [1.82, 2.24) is 4.90 Å². The normalized spacial score (nSPS) is 29.6. The molecular formula is C9H17F3N2O2. The summed E-state index contributed by atoms with van der Waals surface area (Å²) in [5, 5.41) is 0. The Hall–Kier alpha value is -0.370. The summed E-state index contributed by atoms with van der Waals surface area (Å²) in [6, 6.07) is -1.62. The zero-order chi connectivity index (χ0) is 12.3. The van der Waals surface area contributed by atoms with Crippen LogP contribution in [0.2, 0.25) is 0 Å². The highest BCUT2D eigenvalue weighted by Crippen LogP contribution is 2.28. The SMILES string of the molecule is COC1CN(C(CN)C(F)(F)F)CC1OC. The van der Waals surface area contributed by atoms with Gasteiger partial charge in [0.15, 0.2) is 0 Å². The van der Waals surface area contributed by atoms with Gasteiger partial charge in [-0.15, -0.1) is 0 Å². The molecule has 4 nitrogen and oxygen atoms in total. The van der Waals surface area contributed by atoms with Gasteiger partial charge in [-0.2, -0.15) is 13.2 Å². The van der Waals surface area contributed by atoms with Gasteiger partial charge in [-0.25, -0.2) is 0 Å². The van der Waals surface area contributed by atoms with Crippen LogP contribution in [-0.2, 0) is 9.47 Å². The highest BCUT2D eigenvalue weighted by atomic mass is 19.4. The Morgan fingerprint density at radius 3 is 1.94 bits per heavy atom. The first-order chi connectivity index (χ1) is 7.43. The number of rotatable bonds is 4. The molecule has 16 heavy (non-hydrogen) atoms. The van der Waals surface area contributed by atoms with Crippen LogP contribution in [0.1, 0.15) is 0 Å². The highest BCUT2D eigenvalue weighted by Gasteiger charge is 2.47. The molecule has 0 aliphatic carbocycles. The molecule has 3 unspecified atom stereocenters. The number of nitrogens with zero attached hydrogens (tertiary/aromatic N) is 1. The molecule has 0 spiro atoms. The lowest BCUT2D eigenvalue weighted by molar-refractivity contribution is -0.179. The summed E-state index contributed by atoms with van der Waals surface area (Å²) in [5.41, 5.74) is 5.17. The molecule has 7 heteroatoms. The third kappa shape index (κ3) is 2.85. The molecule has 3 atom stereocenters. The van der Waals surface area contributed by atoms with Gasteiger partial charge in [0.2, 0.25) is 0 Å². The summed E-state index contributed by atoms with van der Waals surface area (Å²) in [6.07, 6.45) is -4.97. The number of ether oxygens (including phenoxy) is 2. The molecule has 0 radical (unpaired) electrons. The number of alkyl halides is 3. The molecule has 0 saturated carbocycles. The molecule has 96 valence electrons. The average molecular weight is 242 g/mol. The van der Waals surface area contributed by atoms with Crippen molar-refractivity contribution in [2.24, 2.45) is 5.73 Å². The van der Waals surface area contributed by atoms with E-state index in [1.165, 1.54) is 19.1 Å². The minimum absolute atomic E-state index is 0.191. The third-order valence-corrected chi connectivity index (χ3v) is 2.89. The van der Waals surface area contributed by atoms with Crippen LogP contribution in [0.3, 0.4) is 0 Å². The number of methoxy groups -OCH3 is 2. The van der Waals surface area contributed by atoms with E-state index in [-0.39, 0.29) is 25.3 Å². The van der Waals surface area contributed by atoms with Gasteiger partial charge in [0.1, 0.15) is 6.04 Å². The summed E-state index contributed by atoms with van der Waals surface area (Å²) in [5.74, 6) is 0. The molecule has 2 N–H and O–H groups in total. The second-order valence-corrected chi connectivity index (χ2v) is 3.80. The maximum absolute atomic E-state index is 12.6. The van der Waals surface area contributed by atoms with E-state index in [1.54, 1.807) is 0 Å². The van der Waals surface area contributed by atoms with Gasteiger partial charge < -0.3 is 15.2 Å². The van der Waals surface area contributed by atoms with E-state index in [0.717, 1.165) is 0 Å². The van der Waals surface area contributed by atoms with Crippen molar-refractivity contribution in [2.45, 2.75) is 24.4 Å². The van der Waals surface area contributed by atoms with Crippen LogP contribution in [0.15, 0.2) is 0 Å². The van der Waals surface area contributed by atoms with Crippen LogP contribution in [-0.4, -0.2) is 63.2 Å². The molecule has 1 rings (SSSR count). The predicted molar refractivity (Wildman–Crippen MR) is 52.1 cm³/mol. The number of nitrogens with two attached hydrogens (primary N) is 1. The first-order valence-corrected chi connectivity index (χ1v) is 5.00. The Bertz CT molecular complexity index is 213. The fourth-order valence-corrected chi connectivity index (χ4v) is 1.97. The van der Waals surface area contributed by atoms with Crippen molar-refractivity contribution in [1.29, 1.82) is 0 Å². The summed E-state index contributed by atoms with van der Waals surface area (Å²) >= 11 is 0. The highest BCUT2D eigenvalue weighted by molar-refractivity contribution is 4.92. The quantitative estimate of drug-likeness (QED) is 0.766. The zero-order valence-corrected chi connectivity index (χ0v) is 9.33. The van der Waals surface area contributed by atoms with E-state index in [1.807, 2.05) is 0 Å². The van der Waals surface area contributed by atoms with Crippen LogP contribution < -0.4 is 5.73 Å². The van der Waals surface area contributed by atoms with Gasteiger partial charge in [-0.3, -0.25) is 4.90 Å². The van der Waals surface area contributed by atoms with E-state index in [4.69, 9.17) is 15.2 Å². The largest absolute Gasteiger partial charge is 0.405 e. The van der Waals surface area contributed by atoms with Crippen molar-refractivity contribution >= 4 is 0 Å².